The van der Waals surface area contributed by atoms with Gasteiger partial charge < -0.3 is 17.1 Å². The summed E-state index contributed by atoms with van der Waals surface area (Å²) in [5.74, 6) is 3.59. The molecule has 0 aliphatic heterocycles. The van der Waals surface area contributed by atoms with Gasteiger partial charge in [-0.3, -0.25) is 4.79 Å². The summed E-state index contributed by atoms with van der Waals surface area (Å²) >= 11 is 0. The van der Waals surface area contributed by atoms with E-state index in [1.807, 2.05) is 46.0 Å². The second kappa shape index (κ2) is 9.35. The number of fused-ring (bicyclic) bond motifs is 2. The van der Waals surface area contributed by atoms with Gasteiger partial charge in [-0.15, -0.1) is 6.58 Å². The molecular formula is C25H30ClN3O2S2. The van der Waals surface area contributed by atoms with Crippen molar-refractivity contribution in [1.82, 2.24) is 9.97 Å². The third-order valence-electron chi connectivity index (χ3n) is 6.47. The number of halogens is 1. The van der Waals surface area contributed by atoms with Gasteiger partial charge in [0.15, 0.2) is 11.3 Å². The lowest BCUT2D eigenvalue weighted by Gasteiger charge is -2.21. The zero-order valence-electron chi connectivity index (χ0n) is 19.9. The Bertz CT molecular complexity index is 1180. The molecule has 0 bridgehead atoms. The number of aromatic amines is 1. The van der Waals surface area contributed by atoms with Crippen LogP contribution in [0.4, 0.5) is 0 Å². The van der Waals surface area contributed by atoms with Crippen molar-refractivity contribution in [3.05, 3.63) is 59.4 Å². The van der Waals surface area contributed by atoms with Gasteiger partial charge in [0.25, 0.3) is 0 Å². The number of hydrogen-bond acceptors (Lipinski definition) is 5. The van der Waals surface area contributed by atoms with Gasteiger partial charge in [-0.1, -0.05) is 32.6 Å². The number of ether oxygens (including phenoxy) is 1. The van der Waals surface area contributed by atoms with Crippen molar-refractivity contribution < 1.29 is 26.5 Å². The fraction of sp³-hybridized carbons (Fsp3) is 0.400. The lowest BCUT2D eigenvalue weighted by atomic mass is 9.80. The number of nitrogens with one attached hydrogen (secondary N) is 1. The van der Waals surface area contributed by atoms with Crippen molar-refractivity contribution >= 4 is 38.4 Å². The predicted octanol–water partition coefficient (Wildman–Crippen LogP) is 2.37. The van der Waals surface area contributed by atoms with Crippen LogP contribution in [0.1, 0.15) is 50.1 Å². The molecule has 1 aliphatic carbocycles. The molecule has 2 aromatic heterocycles. The number of hydrogen-bond donors (Lipinski definition) is 1. The minimum absolute atomic E-state index is 0. The van der Waals surface area contributed by atoms with Crippen molar-refractivity contribution in [2.45, 2.75) is 51.2 Å². The number of ketones is 1. The van der Waals surface area contributed by atoms with Crippen LogP contribution in [0.5, 0.6) is 5.75 Å². The molecule has 1 aliphatic rings. The molecule has 0 saturated heterocycles. The average Bonchev–Trinajstić information content (AvgIpc) is 3.23. The zero-order chi connectivity index (χ0) is 23.3. The first kappa shape index (κ1) is 25.7. The third-order valence-corrected chi connectivity index (χ3v) is 8.66. The minimum Gasteiger partial charge on any atom is -1.00 e. The molecule has 8 heteroatoms. The van der Waals surface area contributed by atoms with Crippen LogP contribution in [0.2, 0.25) is 0 Å². The van der Waals surface area contributed by atoms with E-state index in [0.29, 0.717) is 0 Å². The average molecular weight is 504 g/mol. The quantitative estimate of drug-likeness (QED) is 0.232. The van der Waals surface area contributed by atoms with Crippen molar-refractivity contribution in [3.8, 4) is 11.7 Å². The van der Waals surface area contributed by atoms with Gasteiger partial charge in [-0.25, -0.2) is 9.55 Å². The lowest BCUT2D eigenvalue weighted by Crippen LogP contribution is -3.00. The van der Waals surface area contributed by atoms with Crippen molar-refractivity contribution in [3.63, 3.8) is 0 Å². The Hall–Kier alpha value is -1.96. The molecule has 0 radical (unpaired) electrons. The number of nitrogens with zero attached hydrogens (tertiary/aromatic N) is 2. The molecule has 0 fully saturated rings. The second-order valence-corrected chi connectivity index (χ2v) is 11.7. The second-order valence-electron chi connectivity index (χ2n) is 9.22. The number of methoxy groups -OCH3 is 1. The van der Waals surface area contributed by atoms with Crippen molar-refractivity contribution in [2.75, 3.05) is 12.9 Å². The molecule has 0 saturated carbocycles. The smallest absolute Gasteiger partial charge is 0.402 e. The van der Waals surface area contributed by atoms with Gasteiger partial charge >= 0.3 is 5.95 Å². The summed E-state index contributed by atoms with van der Waals surface area (Å²) in [7, 11) is 5.26. The van der Waals surface area contributed by atoms with E-state index in [9.17, 15) is 4.79 Å². The highest BCUT2D eigenvalue weighted by Gasteiger charge is 2.50. The maximum Gasteiger partial charge on any atom is 0.402 e. The summed E-state index contributed by atoms with van der Waals surface area (Å²) in [6.45, 7) is 13.9. The van der Waals surface area contributed by atoms with E-state index in [1.54, 1.807) is 28.7 Å². The van der Waals surface area contributed by atoms with Gasteiger partial charge in [0.2, 0.25) is 0 Å². The van der Waals surface area contributed by atoms with Crippen molar-refractivity contribution in [2.24, 2.45) is 0 Å². The van der Waals surface area contributed by atoms with Gasteiger partial charge in [-0.2, -0.15) is 0 Å². The van der Waals surface area contributed by atoms with E-state index < -0.39 is 10.8 Å². The molecule has 4 rings (SSSR count). The standard InChI is InChI=1S/C25H30N3O2S2.ClH/c1-8-11-31-32-14-20-15(2)21(30-7)9-10-28(20)23-26-18-12-16-17(13-19(18)27-23)25(5,6)22(29)24(16,3)4;/h8-10,12-13H,1,11,14H2,2-7H3,(H,26,27);1H/q+1;/p-1. The summed E-state index contributed by atoms with van der Waals surface area (Å²) in [5.41, 5.74) is 5.18. The lowest BCUT2D eigenvalue weighted by molar-refractivity contribution is -0.610. The van der Waals surface area contributed by atoms with E-state index >= 15 is 0 Å². The first-order chi connectivity index (χ1) is 15.1. The summed E-state index contributed by atoms with van der Waals surface area (Å²) in [6, 6.07) is 6.17. The number of Topliss-reactive ketones (excluding diaryl/α,β-unsaturated/α-hetero) is 1. The third kappa shape index (κ3) is 4.19. The van der Waals surface area contributed by atoms with Gasteiger partial charge in [0.1, 0.15) is 17.0 Å². The summed E-state index contributed by atoms with van der Waals surface area (Å²) < 4.78 is 7.67. The number of aromatic nitrogens is 3. The normalized spacial score (nSPS) is 15.9. The van der Waals surface area contributed by atoms with Gasteiger partial charge in [-0.05, 0) is 57.9 Å². The Kier molecular flexibility index (Phi) is 7.27. The number of carbonyl (C=O) groups excluding carboxylic acids is 1. The first-order valence-electron chi connectivity index (χ1n) is 10.7. The molecule has 0 spiro atoms. The van der Waals surface area contributed by atoms with Crippen LogP contribution in [0, 0.1) is 6.92 Å². The molecule has 2 heterocycles. The number of rotatable bonds is 7. The van der Waals surface area contributed by atoms with Crippen LogP contribution in [-0.2, 0) is 21.4 Å². The molecule has 1 N–H and O–H groups in total. The summed E-state index contributed by atoms with van der Waals surface area (Å²) in [6.07, 6.45) is 3.92. The van der Waals surface area contributed by atoms with Crippen LogP contribution < -0.4 is 21.7 Å². The molecule has 0 atom stereocenters. The number of H-pyrrole nitrogens is 1. The summed E-state index contributed by atoms with van der Waals surface area (Å²) in [4.78, 5) is 21.4. The monoisotopic (exact) mass is 503 g/mol. The Morgan fingerprint density at radius 3 is 2.48 bits per heavy atom. The number of pyridine rings is 1. The van der Waals surface area contributed by atoms with Crippen LogP contribution in [0.25, 0.3) is 17.0 Å². The number of imidazole rings is 1. The molecule has 1 aromatic carbocycles. The maximum absolute atomic E-state index is 13.0. The predicted molar refractivity (Wildman–Crippen MR) is 134 cm³/mol. The highest BCUT2D eigenvalue weighted by atomic mass is 35.5. The fourth-order valence-electron chi connectivity index (χ4n) is 4.69. The SMILES string of the molecule is C=CCSSCc1c(C)c(OC)cc[n+]1-c1nc2cc3c(cc2[nH]1)C(C)(C)C(=O)C3(C)C.[Cl-]. The molecule has 0 amide bonds. The van der Waals surface area contributed by atoms with E-state index in [0.717, 1.165) is 56.6 Å². The van der Waals surface area contributed by atoms with Crippen LogP contribution in [0.15, 0.2) is 37.1 Å². The molecule has 0 unspecified atom stereocenters. The molecule has 3 aromatic rings. The number of benzene rings is 1. The van der Waals surface area contributed by atoms with Gasteiger partial charge in [0.05, 0.1) is 19.1 Å². The van der Waals surface area contributed by atoms with Gasteiger partial charge in [0, 0.05) is 28.2 Å². The van der Waals surface area contributed by atoms with Crippen LogP contribution >= 0.6 is 21.6 Å². The fourth-order valence-corrected chi connectivity index (χ4v) is 6.59. The van der Waals surface area contributed by atoms with E-state index in [1.165, 1.54) is 0 Å². The Balaban J connectivity index is 0.00000306. The topological polar surface area (TPSA) is 58.9 Å². The zero-order valence-corrected chi connectivity index (χ0v) is 22.3. The Labute approximate surface area is 209 Å². The Morgan fingerprint density at radius 2 is 1.85 bits per heavy atom. The highest BCUT2D eigenvalue weighted by Crippen LogP contribution is 2.47. The number of carbonyl (C=O) groups is 1. The molecule has 176 valence electrons. The van der Waals surface area contributed by atoms with Crippen molar-refractivity contribution in [1.29, 1.82) is 0 Å². The maximum atomic E-state index is 13.0. The Morgan fingerprint density at radius 1 is 1.18 bits per heavy atom. The van der Waals surface area contributed by atoms with Crippen LogP contribution in [0.3, 0.4) is 0 Å². The molecular weight excluding hydrogens is 474 g/mol. The first-order valence-corrected chi connectivity index (χ1v) is 13.1. The molecule has 5 nitrogen and oxygen atoms in total. The van der Waals surface area contributed by atoms with E-state index in [4.69, 9.17) is 9.72 Å². The summed E-state index contributed by atoms with van der Waals surface area (Å²) in [5, 5.41) is 0. The van der Waals surface area contributed by atoms with E-state index in [2.05, 4.69) is 35.2 Å². The molecule has 33 heavy (non-hydrogen) atoms. The highest BCUT2D eigenvalue weighted by molar-refractivity contribution is 8.76. The minimum atomic E-state index is -0.514. The van der Waals surface area contributed by atoms with E-state index in [-0.39, 0.29) is 18.2 Å². The van der Waals surface area contributed by atoms with Crippen LogP contribution in [-0.4, -0.2) is 28.6 Å². The largest absolute Gasteiger partial charge is 1.00 e.